The van der Waals surface area contributed by atoms with Crippen LogP contribution in [0.1, 0.15) is 19.4 Å². The van der Waals surface area contributed by atoms with E-state index in [1.165, 1.54) is 6.07 Å². The molecule has 0 radical (unpaired) electrons. The minimum absolute atomic E-state index is 0. The number of halogens is 4. The molecule has 0 bridgehead atoms. The maximum absolute atomic E-state index is 13.6. The quantitative estimate of drug-likeness (QED) is 0.691. The largest absolute Gasteiger partial charge is 0.395 e. The van der Waals surface area contributed by atoms with Crippen LogP contribution >= 0.6 is 24.0 Å². The highest BCUT2D eigenvalue weighted by Gasteiger charge is 2.33. The number of morpholine rings is 1. The van der Waals surface area contributed by atoms with Crippen molar-refractivity contribution < 1.29 is 23.4 Å². The van der Waals surface area contributed by atoms with Gasteiger partial charge in [-0.3, -0.25) is 4.79 Å². The van der Waals surface area contributed by atoms with E-state index in [1.807, 2.05) is 0 Å². The molecule has 136 valence electrons. The zero-order chi connectivity index (χ0) is 17.2. The molecule has 3 N–H and O–H groups in total. The minimum Gasteiger partial charge on any atom is -0.395 e. The van der Waals surface area contributed by atoms with Crippen LogP contribution in [0.25, 0.3) is 0 Å². The summed E-state index contributed by atoms with van der Waals surface area (Å²) in [5.41, 5.74) is -0.747. The fourth-order valence-corrected chi connectivity index (χ4v) is 2.76. The van der Waals surface area contributed by atoms with Crippen molar-refractivity contribution >= 4 is 29.9 Å². The van der Waals surface area contributed by atoms with Crippen LogP contribution < -0.4 is 10.6 Å². The van der Waals surface area contributed by atoms with E-state index >= 15 is 0 Å². The average molecular weight is 385 g/mol. The number of amides is 1. The first-order chi connectivity index (χ1) is 10.8. The molecule has 1 saturated heterocycles. The van der Waals surface area contributed by atoms with Crippen molar-refractivity contribution in [3.05, 3.63) is 34.4 Å². The predicted octanol–water partition coefficient (Wildman–Crippen LogP) is 1.74. The van der Waals surface area contributed by atoms with Crippen molar-refractivity contribution in [1.82, 2.24) is 10.6 Å². The molecule has 1 fully saturated rings. The van der Waals surface area contributed by atoms with Crippen LogP contribution in [-0.4, -0.2) is 42.9 Å². The molecular formula is C15H20Cl2F2N2O3. The molecule has 2 rings (SSSR count). The Hall–Kier alpha value is -0.990. The Bertz CT molecular complexity index is 594. The summed E-state index contributed by atoms with van der Waals surface area (Å²) in [6.07, 6.45) is -0.735. The number of hydrogen-bond donors (Lipinski definition) is 3. The number of nitrogens with one attached hydrogen (secondary N) is 2. The van der Waals surface area contributed by atoms with Crippen LogP contribution in [0.15, 0.2) is 12.1 Å². The van der Waals surface area contributed by atoms with Crippen LogP contribution in [0, 0.1) is 11.6 Å². The number of carbonyl (C=O) groups excluding carboxylic acids is 1. The van der Waals surface area contributed by atoms with E-state index in [1.54, 1.807) is 13.8 Å². The van der Waals surface area contributed by atoms with Crippen molar-refractivity contribution in [2.75, 3.05) is 19.8 Å². The molecule has 2 atom stereocenters. The Morgan fingerprint density at radius 3 is 2.71 bits per heavy atom. The first-order valence-electron chi connectivity index (χ1n) is 7.18. The van der Waals surface area contributed by atoms with E-state index in [-0.39, 0.29) is 48.8 Å². The molecular weight excluding hydrogens is 365 g/mol. The van der Waals surface area contributed by atoms with Crippen LogP contribution in [-0.2, 0) is 15.1 Å². The fraction of sp³-hybridized carbons (Fsp3) is 0.533. The maximum Gasteiger partial charge on any atom is 0.251 e. The van der Waals surface area contributed by atoms with Gasteiger partial charge in [-0.2, -0.15) is 0 Å². The number of benzene rings is 1. The molecule has 5 nitrogen and oxygen atoms in total. The van der Waals surface area contributed by atoms with Crippen LogP contribution in [0.2, 0.25) is 5.02 Å². The standard InChI is InChI=1S/C15H19ClF2N2O3.ClH/c1-15(2,9-3-4-10(17)13(18)12(9)16)20-14(22)11-5-19-8(6-21)7-23-11;/h3-4,8,11,19,21H,5-7H2,1-2H3,(H,20,22);1H/t8-,11+;/m1./s1. The highest BCUT2D eigenvalue weighted by Crippen LogP contribution is 2.31. The van der Waals surface area contributed by atoms with Crippen molar-refractivity contribution in [1.29, 1.82) is 0 Å². The van der Waals surface area contributed by atoms with Gasteiger partial charge in [-0.15, -0.1) is 12.4 Å². The number of carbonyl (C=O) groups is 1. The Labute approximate surface area is 150 Å². The Balaban J connectivity index is 0.00000288. The monoisotopic (exact) mass is 384 g/mol. The van der Waals surface area contributed by atoms with Crippen molar-refractivity contribution in [2.45, 2.75) is 31.5 Å². The van der Waals surface area contributed by atoms with Crippen LogP contribution in [0.5, 0.6) is 0 Å². The van der Waals surface area contributed by atoms with Gasteiger partial charge in [0.2, 0.25) is 0 Å². The Morgan fingerprint density at radius 2 is 2.17 bits per heavy atom. The minimum atomic E-state index is -1.15. The van der Waals surface area contributed by atoms with Gasteiger partial charge in [0.15, 0.2) is 11.6 Å². The van der Waals surface area contributed by atoms with E-state index in [2.05, 4.69) is 10.6 Å². The number of ether oxygens (including phenoxy) is 1. The zero-order valence-electron chi connectivity index (χ0n) is 13.2. The lowest BCUT2D eigenvalue weighted by molar-refractivity contribution is -0.137. The first kappa shape index (κ1) is 21.1. The third-order valence-electron chi connectivity index (χ3n) is 3.75. The lowest BCUT2D eigenvalue weighted by Gasteiger charge is -2.33. The van der Waals surface area contributed by atoms with E-state index in [0.29, 0.717) is 0 Å². The average Bonchev–Trinajstić information content (AvgIpc) is 2.52. The molecule has 1 aliphatic heterocycles. The zero-order valence-corrected chi connectivity index (χ0v) is 14.8. The number of rotatable bonds is 4. The molecule has 1 aromatic carbocycles. The first-order valence-corrected chi connectivity index (χ1v) is 7.56. The summed E-state index contributed by atoms with van der Waals surface area (Å²) in [7, 11) is 0. The molecule has 0 spiro atoms. The molecule has 0 saturated carbocycles. The molecule has 1 aromatic rings. The summed E-state index contributed by atoms with van der Waals surface area (Å²) >= 11 is 5.85. The van der Waals surface area contributed by atoms with Crippen LogP contribution in [0.3, 0.4) is 0 Å². The van der Waals surface area contributed by atoms with Gasteiger partial charge in [-0.1, -0.05) is 17.7 Å². The van der Waals surface area contributed by atoms with Crippen LogP contribution in [0.4, 0.5) is 8.78 Å². The Kier molecular flexibility index (Phi) is 7.37. The lowest BCUT2D eigenvalue weighted by atomic mass is 9.93. The van der Waals surface area contributed by atoms with Gasteiger partial charge in [-0.25, -0.2) is 8.78 Å². The second kappa shape index (κ2) is 8.40. The third kappa shape index (κ3) is 4.55. The summed E-state index contributed by atoms with van der Waals surface area (Å²) in [6.45, 7) is 3.65. The molecule has 1 aliphatic rings. The van der Waals surface area contributed by atoms with E-state index < -0.39 is 29.2 Å². The van der Waals surface area contributed by atoms with Gasteiger partial charge < -0.3 is 20.5 Å². The number of aliphatic hydroxyl groups excluding tert-OH is 1. The van der Waals surface area contributed by atoms with Gasteiger partial charge in [0.25, 0.3) is 5.91 Å². The fourth-order valence-electron chi connectivity index (χ4n) is 2.37. The molecule has 1 heterocycles. The Morgan fingerprint density at radius 1 is 1.50 bits per heavy atom. The summed E-state index contributed by atoms with van der Waals surface area (Å²) in [5.74, 6) is -2.59. The van der Waals surface area contributed by atoms with E-state index in [9.17, 15) is 13.6 Å². The van der Waals surface area contributed by atoms with Gasteiger partial charge >= 0.3 is 0 Å². The SMILES string of the molecule is CC(C)(NC(=O)[C@@H]1CN[C@H](CO)CO1)c1ccc(F)c(F)c1Cl.Cl. The summed E-state index contributed by atoms with van der Waals surface area (Å²) in [4.78, 5) is 12.3. The van der Waals surface area contributed by atoms with Crippen molar-refractivity contribution in [3.8, 4) is 0 Å². The van der Waals surface area contributed by atoms with Gasteiger partial charge in [0.1, 0.15) is 6.10 Å². The summed E-state index contributed by atoms with van der Waals surface area (Å²) in [5, 5.41) is 14.3. The van der Waals surface area contributed by atoms with Gasteiger partial charge in [0, 0.05) is 6.54 Å². The topological polar surface area (TPSA) is 70.6 Å². The smallest absolute Gasteiger partial charge is 0.251 e. The second-order valence-corrected chi connectivity index (χ2v) is 6.32. The van der Waals surface area contributed by atoms with Crippen molar-refractivity contribution in [3.63, 3.8) is 0 Å². The maximum atomic E-state index is 13.6. The molecule has 24 heavy (non-hydrogen) atoms. The summed E-state index contributed by atoms with van der Waals surface area (Å²) in [6, 6.07) is 2.10. The molecule has 0 unspecified atom stereocenters. The summed E-state index contributed by atoms with van der Waals surface area (Å²) < 4.78 is 32.2. The normalized spacial score (nSPS) is 21.1. The van der Waals surface area contributed by atoms with Gasteiger partial charge in [-0.05, 0) is 25.5 Å². The second-order valence-electron chi connectivity index (χ2n) is 5.95. The molecule has 0 aromatic heterocycles. The molecule has 9 heteroatoms. The van der Waals surface area contributed by atoms with E-state index in [4.69, 9.17) is 21.4 Å². The number of hydrogen-bond acceptors (Lipinski definition) is 4. The highest BCUT2D eigenvalue weighted by molar-refractivity contribution is 6.31. The predicted molar refractivity (Wildman–Crippen MR) is 88.4 cm³/mol. The lowest BCUT2D eigenvalue weighted by Crippen LogP contribution is -2.56. The van der Waals surface area contributed by atoms with Crippen molar-refractivity contribution in [2.24, 2.45) is 0 Å². The number of aliphatic hydroxyl groups is 1. The van der Waals surface area contributed by atoms with E-state index in [0.717, 1.165) is 6.07 Å². The molecule has 1 amide bonds. The molecule has 0 aliphatic carbocycles. The highest BCUT2D eigenvalue weighted by atomic mass is 35.5. The van der Waals surface area contributed by atoms with Gasteiger partial charge in [0.05, 0.1) is 29.8 Å². The third-order valence-corrected chi connectivity index (χ3v) is 4.12.